The summed E-state index contributed by atoms with van der Waals surface area (Å²) in [5, 5.41) is 9.13. The first-order chi connectivity index (χ1) is 7.58. The molecule has 0 unspecified atom stereocenters. The van der Waals surface area contributed by atoms with Crippen molar-refractivity contribution in [1.29, 1.82) is 0 Å². The minimum Gasteiger partial charge on any atom is -0.493 e. The Morgan fingerprint density at radius 3 is 2.88 bits per heavy atom. The van der Waals surface area contributed by atoms with Gasteiger partial charge in [0.2, 0.25) is 0 Å². The maximum Gasteiger partial charge on any atom is 0.328 e. The first kappa shape index (κ1) is 13.7. The van der Waals surface area contributed by atoms with Crippen molar-refractivity contribution in [2.24, 2.45) is 5.73 Å². The topological polar surface area (TPSA) is 72.6 Å². The van der Waals surface area contributed by atoms with Gasteiger partial charge in [-0.3, -0.25) is 0 Å². The molecule has 1 aliphatic rings. The fraction of sp³-hybridized carbons (Fsp3) is 0.364. The first-order valence-electron chi connectivity index (χ1n) is 4.92. The molecule has 0 bridgehead atoms. The quantitative estimate of drug-likeness (QED) is 0.848. The van der Waals surface area contributed by atoms with Crippen molar-refractivity contribution in [2.45, 2.75) is 18.6 Å². The lowest BCUT2D eigenvalue weighted by molar-refractivity contribution is -0.144. The van der Waals surface area contributed by atoms with Crippen molar-refractivity contribution >= 4 is 18.4 Å². The number of carbonyl (C=O) groups is 1. The van der Waals surface area contributed by atoms with E-state index in [1.165, 1.54) is 6.07 Å². The highest BCUT2D eigenvalue weighted by Crippen LogP contribution is 2.36. The van der Waals surface area contributed by atoms with Gasteiger partial charge in [0, 0.05) is 12.0 Å². The zero-order valence-corrected chi connectivity index (χ0v) is 9.80. The average Bonchev–Trinajstić information content (AvgIpc) is 2.29. The lowest BCUT2D eigenvalue weighted by Gasteiger charge is -2.32. The Hall–Kier alpha value is -1.33. The summed E-state index contributed by atoms with van der Waals surface area (Å²) >= 11 is 0. The van der Waals surface area contributed by atoms with Crippen molar-refractivity contribution in [3.8, 4) is 5.75 Å². The zero-order chi connectivity index (χ0) is 11.8. The number of aliphatic carboxylic acids is 1. The third-order valence-electron chi connectivity index (χ3n) is 2.81. The van der Waals surface area contributed by atoms with E-state index in [4.69, 9.17) is 15.6 Å². The van der Waals surface area contributed by atoms with Crippen LogP contribution in [0, 0.1) is 0 Å². The number of hydrogen-bond donors (Lipinski definition) is 2. The second-order valence-corrected chi connectivity index (χ2v) is 3.84. The molecule has 17 heavy (non-hydrogen) atoms. The molecule has 1 heterocycles. The molecule has 1 aromatic carbocycles. The van der Waals surface area contributed by atoms with Crippen molar-refractivity contribution in [3.05, 3.63) is 29.3 Å². The molecule has 0 saturated heterocycles. The molecule has 0 amide bonds. The molecule has 3 N–H and O–H groups in total. The monoisotopic (exact) mass is 261 g/mol. The average molecular weight is 262 g/mol. The number of hydrogen-bond acceptors (Lipinski definition) is 3. The summed E-state index contributed by atoms with van der Waals surface area (Å²) in [5.74, 6) is -0.693. The van der Waals surface area contributed by atoms with E-state index in [-0.39, 0.29) is 25.4 Å². The summed E-state index contributed by atoms with van der Waals surface area (Å²) in [6, 6.07) is 4.59. The number of rotatable bonds is 2. The summed E-state index contributed by atoms with van der Waals surface area (Å²) in [4.78, 5) is 11.2. The third-order valence-corrected chi connectivity index (χ3v) is 2.81. The highest BCUT2D eigenvalue weighted by atomic mass is 35.5. The van der Waals surface area contributed by atoms with Gasteiger partial charge >= 0.3 is 5.97 Å². The van der Waals surface area contributed by atoms with Crippen LogP contribution in [0.2, 0.25) is 0 Å². The predicted molar refractivity (Wildman–Crippen MR) is 62.1 cm³/mol. The molecule has 1 aromatic rings. The van der Waals surface area contributed by atoms with E-state index in [2.05, 4.69) is 0 Å². The summed E-state index contributed by atoms with van der Waals surface area (Å²) in [6.45, 7) is -0.395. The smallest absolute Gasteiger partial charge is 0.328 e. The number of carboxylic acid groups (broad SMARTS) is 1. The minimum atomic E-state index is -1.47. The van der Waals surface area contributed by atoms with Gasteiger partial charge in [-0.05, 0) is 17.7 Å². The van der Waals surface area contributed by atoms with Crippen LogP contribution in [0.3, 0.4) is 0 Å². The first-order valence-corrected chi connectivity index (χ1v) is 4.92. The molecular weight excluding hydrogens is 249 g/mol. The highest BCUT2D eigenvalue weighted by Gasteiger charge is 2.41. The van der Waals surface area contributed by atoms with Crippen molar-refractivity contribution in [2.75, 3.05) is 6.61 Å². The largest absolute Gasteiger partial charge is 0.493 e. The molecule has 0 aliphatic carbocycles. The fourth-order valence-electron chi connectivity index (χ4n) is 1.81. The standard InChI is InChI=1S/C11H12FNO3.ClH/c12-6-7-1-2-9-8(5-7)11(13,10(14)15)3-4-16-9;/h1-2,5H,3-4,6,13H2,(H,14,15);1H/t11-;/m1./s1. The number of halogens is 2. The van der Waals surface area contributed by atoms with Gasteiger partial charge in [0.25, 0.3) is 0 Å². The zero-order valence-electron chi connectivity index (χ0n) is 8.98. The highest BCUT2D eigenvalue weighted by molar-refractivity contribution is 5.85. The molecule has 6 heteroatoms. The number of alkyl halides is 1. The Labute approximate surface area is 104 Å². The van der Waals surface area contributed by atoms with Gasteiger partial charge in [0.1, 0.15) is 18.0 Å². The molecule has 0 radical (unpaired) electrons. The third kappa shape index (κ3) is 2.21. The van der Waals surface area contributed by atoms with E-state index >= 15 is 0 Å². The van der Waals surface area contributed by atoms with Crippen LogP contribution in [0.5, 0.6) is 5.75 Å². The van der Waals surface area contributed by atoms with Crippen LogP contribution < -0.4 is 10.5 Å². The van der Waals surface area contributed by atoms with Crippen LogP contribution >= 0.6 is 12.4 Å². The van der Waals surface area contributed by atoms with E-state index < -0.39 is 18.2 Å². The van der Waals surface area contributed by atoms with Crippen LogP contribution in [0.1, 0.15) is 17.5 Å². The number of carboxylic acids is 1. The summed E-state index contributed by atoms with van der Waals surface area (Å²) < 4.78 is 17.8. The van der Waals surface area contributed by atoms with E-state index in [1.807, 2.05) is 0 Å². The maximum atomic E-state index is 12.5. The fourth-order valence-corrected chi connectivity index (χ4v) is 1.81. The molecule has 1 aliphatic heterocycles. The molecule has 0 aromatic heterocycles. The molecule has 0 fully saturated rings. The van der Waals surface area contributed by atoms with Crippen molar-refractivity contribution in [3.63, 3.8) is 0 Å². The summed E-state index contributed by atoms with van der Waals surface area (Å²) in [7, 11) is 0. The summed E-state index contributed by atoms with van der Waals surface area (Å²) in [6.07, 6.45) is 0.186. The Kier molecular flexibility index (Phi) is 3.95. The Morgan fingerprint density at radius 2 is 2.29 bits per heavy atom. The van der Waals surface area contributed by atoms with Crippen LogP contribution in [0.25, 0.3) is 0 Å². The lowest BCUT2D eigenvalue weighted by Crippen LogP contribution is -2.48. The van der Waals surface area contributed by atoms with Gasteiger partial charge in [-0.1, -0.05) is 6.07 Å². The van der Waals surface area contributed by atoms with Gasteiger partial charge in [-0.25, -0.2) is 9.18 Å². The second kappa shape index (κ2) is 4.89. The van der Waals surface area contributed by atoms with E-state index in [9.17, 15) is 9.18 Å². The maximum absolute atomic E-state index is 12.5. The van der Waals surface area contributed by atoms with Gasteiger partial charge in [0.05, 0.1) is 6.61 Å². The Bertz CT molecular complexity index is 441. The SMILES string of the molecule is Cl.N[C@]1(C(=O)O)CCOc2ccc(CF)cc21. The Balaban J connectivity index is 0.00000144. The van der Waals surface area contributed by atoms with Crippen LogP contribution in [-0.4, -0.2) is 17.7 Å². The van der Waals surface area contributed by atoms with E-state index in [0.717, 1.165) is 0 Å². The Morgan fingerprint density at radius 1 is 1.59 bits per heavy atom. The number of ether oxygens (including phenoxy) is 1. The molecule has 0 saturated carbocycles. The van der Waals surface area contributed by atoms with E-state index in [0.29, 0.717) is 16.9 Å². The van der Waals surface area contributed by atoms with Gasteiger partial charge in [-0.2, -0.15) is 0 Å². The number of nitrogens with two attached hydrogens (primary N) is 1. The molecular formula is C11H13ClFNO3. The second-order valence-electron chi connectivity index (χ2n) is 3.84. The van der Waals surface area contributed by atoms with Gasteiger partial charge in [0.15, 0.2) is 0 Å². The van der Waals surface area contributed by atoms with Crippen molar-refractivity contribution < 1.29 is 19.0 Å². The molecule has 4 nitrogen and oxygen atoms in total. The summed E-state index contributed by atoms with van der Waals surface area (Å²) in [5.41, 5.74) is 5.11. The van der Waals surface area contributed by atoms with Crippen molar-refractivity contribution in [1.82, 2.24) is 0 Å². The van der Waals surface area contributed by atoms with Crippen LogP contribution in [0.15, 0.2) is 18.2 Å². The van der Waals surface area contributed by atoms with Gasteiger partial charge < -0.3 is 15.6 Å². The number of benzene rings is 1. The lowest BCUT2D eigenvalue weighted by atomic mass is 9.85. The molecule has 1 atom stereocenters. The minimum absolute atomic E-state index is 0. The molecule has 2 rings (SSSR count). The number of fused-ring (bicyclic) bond motifs is 1. The van der Waals surface area contributed by atoms with Crippen LogP contribution in [-0.2, 0) is 17.0 Å². The predicted octanol–water partition coefficient (Wildman–Crippen LogP) is 1.60. The molecule has 94 valence electrons. The molecule has 0 spiro atoms. The normalized spacial score (nSPS) is 22.0. The van der Waals surface area contributed by atoms with Crippen LogP contribution in [0.4, 0.5) is 4.39 Å². The van der Waals surface area contributed by atoms with Gasteiger partial charge in [-0.15, -0.1) is 12.4 Å². The van der Waals surface area contributed by atoms with E-state index in [1.54, 1.807) is 12.1 Å².